The van der Waals surface area contributed by atoms with Crippen molar-refractivity contribution in [3.8, 4) is 11.4 Å². The molecule has 0 unspecified atom stereocenters. The molecule has 0 aliphatic carbocycles. The van der Waals surface area contributed by atoms with Crippen LogP contribution in [0.1, 0.15) is 5.56 Å². The van der Waals surface area contributed by atoms with Gasteiger partial charge in [0.05, 0.1) is 0 Å². The molecule has 4 aromatic rings. The van der Waals surface area contributed by atoms with Gasteiger partial charge >= 0.3 is 0 Å². The molecule has 0 bridgehead atoms. The van der Waals surface area contributed by atoms with Gasteiger partial charge in [0.15, 0.2) is 11.5 Å². The Bertz CT molecular complexity index is 1030. The van der Waals surface area contributed by atoms with Crippen molar-refractivity contribution in [2.75, 3.05) is 5.32 Å². The largest absolute Gasteiger partial charge is 0.364 e. The monoisotopic (exact) mass is 354 g/mol. The molecule has 25 heavy (non-hydrogen) atoms. The van der Waals surface area contributed by atoms with Crippen molar-refractivity contribution >= 4 is 23.1 Å². The lowest BCUT2D eigenvalue weighted by atomic mass is 10.2. The topological polar surface area (TPSA) is 68.0 Å². The van der Waals surface area contributed by atoms with Gasteiger partial charge in [-0.25, -0.2) is 4.39 Å². The maximum absolute atomic E-state index is 13.1. The molecule has 0 saturated carbocycles. The first-order chi connectivity index (χ1) is 12.2. The summed E-state index contributed by atoms with van der Waals surface area (Å²) in [6.07, 6.45) is 3.38. The maximum Gasteiger partial charge on any atom is 0.185 e. The van der Waals surface area contributed by atoms with Gasteiger partial charge in [-0.1, -0.05) is 17.7 Å². The first-order valence-electron chi connectivity index (χ1n) is 7.51. The van der Waals surface area contributed by atoms with Crippen molar-refractivity contribution in [1.82, 2.24) is 24.8 Å². The first-order valence-corrected chi connectivity index (χ1v) is 7.89. The minimum atomic E-state index is -0.361. The quantitative estimate of drug-likeness (QED) is 0.606. The Hall–Kier alpha value is -3.06. The van der Waals surface area contributed by atoms with Crippen molar-refractivity contribution < 1.29 is 4.39 Å². The molecular formula is C17H12ClFN6. The highest BCUT2D eigenvalue weighted by atomic mass is 35.5. The van der Waals surface area contributed by atoms with Crippen molar-refractivity contribution in [2.45, 2.75) is 6.54 Å². The summed E-state index contributed by atoms with van der Waals surface area (Å²) in [6.45, 7) is 0.421. The molecule has 4 rings (SSSR count). The first kappa shape index (κ1) is 15.5. The van der Waals surface area contributed by atoms with Crippen LogP contribution in [-0.4, -0.2) is 24.8 Å². The zero-order valence-electron chi connectivity index (χ0n) is 12.9. The minimum absolute atomic E-state index is 0.361. The number of fused-ring (bicyclic) bond motifs is 1. The molecule has 3 heterocycles. The Labute approximate surface area is 147 Å². The molecular weight excluding hydrogens is 343 g/mol. The van der Waals surface area contributed by atoms with Gasteiger partial charge in [-0.15, -0.1) is 15.3 Å². The second-order valence-corrected chi connectivity index (χ2v) is 5.74. The number of hydrogen-bond donors (Lipinski definition) is 1. The van der Waals surface area contributed by atoms with E-state index in [2.05, 4.69) is 25.6 Å². The highest BCUT2D eigenvalue weighted by Crippen LogP contribution is 2.20. The summed E-state index contributed by atoms with van der Waals surface area (Å²) >= 11 is 6.05. The lowest BCUT2D eigenvalue weighted by molar-refractivity contribution is 0.627. The Morgan fingerprint density at radius 2 is 1.88 bits per heavy atom. The number of aromatic nitrogens is 5. The van der Waals surface area contributed by atoms with Gasteiger partial charge in [0.2, 0.25) is 0 Å². The molecule has 1 aromatic carbocycles. The number of halogens is 2. The van der Waals surface area contributed by atoms with Gasteiger partial charge in [-0.2, -0.15) is 4.52 Å². The lowest BCUT2D eigenvalue weighted by Crippen LogP contribution is -2.05. The van der Waals surface area contributed by atoms with E-state index in [4.69, 9.17) is 11.6 Å². The fourth-order valence-corrected chi connectivity index (χ4v) is 2.65. The molecule has 0 radical (unpaired) electrons. The van der Waals surface area contributed by atoms with E-state index in [1.54, 1.807) is 29.0 Å². The van der Waals surface area contributed by atoms with Crippen molar-refractivity contribution in [3.05, 3.63) is 71.3 Å². The van der Waals surface area contributed by atoms with Gasteiger partial charge in [0.1, 0.15) is 11.6 Å². The number of nitrogens with one attached hydrogen (secondary N) is 1. The Balaban J connectivity index is 1.62. The van der Waals surface area contributed by atoms with E-state index in [9.17, 15) is 4.39 Å². The van der Waals surface area contributed by atoms with Crippen LogP contribution in [0.2, 0.25) is 5.02 Å². The van der Waals surface area contributed by atoms with Crippen molar-refractivity contribution in [2.24, 2.45) is 0 Å². The molecule has 0 aliphatic rings. The normalized spacial score (nSPS) is 11.0. The molecule has 0 aliphatic heterocycles. The zero-order chi connectivity index (χ0) is 17.2. The molecule has 1 N–H and O–H groups in total. The SMILES string of the molecule is Fc1ccc(CNc2ccc3nnc(-c4ccncc4)n3n2)c(Cl)c1. The van der Waals surface area contributed by atoms with E-state index in [0.29, 0.717) is 28.9 Å². The minimum Gasteiger partial charge on any atom is -0.364 e. The summed E-state index contributed by atoms with van der Waals surface area (Å²) in [5.41, 5.74) is 2.29. The van der Waals surface area contributed by atoms with Crippen LogP contribution < -0.4 is 5.32 Å². The van der Waals surface area contributed by atoms with Crippen LogP contribution in [0.3, 0.4) is 0 Å². The zero-order valence-corrected chi connectivity index (χ0v) is 13.7. The third kappa shape index (κ3) is 3.14. The summed E-state index contributed by atoms with van der Waals surface area (Å²) in [5.74, 6) is 0.892. The van der Waals surface area contributed by atoms with Crippen LogP contribution in [0, 0.1) is 5.82 Å². The van der Waals surface area contributed by atoms with Gasteiger partial charge < -0.3 is 5.32 Å². The number of pyridine rings is 1. The standard InChI is InChI=1S/C17H12ClFN6/c18-14-9-13(19)2-1-12(14)10-21-15-3-4-16-22-23-17(25(16)24-15)11-5-7-20-8-6-11/h1-9H,10H2,(H,21,24). The summed E-state index contributed by atoms with van der Waals surface area (Å²) in [4.78, 5) is 4.00. The molecule has 124 valence electrons. The predicted molar refractivity (Wildman–Crippen MR) is 92.7 cm³/mol. The average molecular weight is 355 g/mol. The molecule has 0 amide bonds. The van der Waals surface area contributed by atoms with Crippen LogP contribution in [-0.2, 0) is 6.54 Å². The van der Waals surface area contributed by atoms with Crippen LogP contribution in [0.25, 0.3) is 17.0 Å². The molecule has 0 atom stereocenters. The van der Waals surface area contributed by atoms with Crippen LogP contribution >= 0.6 is 11.6 Å². The molecule has 6 nitrogen and oxygen atoms in total. The second kappa shape index (κ2) is 6.45. The maximum atomic E-state index is 13.1. The van der Waals surface area contributed by atoms with Gasteiger partial charge in [-0.3, -0.25) is 4.98 Å². The van der Waals surface area contributed by atoms with E-state index in [1.807, 2.05) is 18.2 Å². The molecule has 3 aromatic heterocycles. The smallest absolute Gasteiger partial charge is 0.185 e. The highest BCUT2D eigenvalue weighted by Gasteiger charge is 2.10. The lowest BCUT2D eigenvalue weighted by Gasteiger charge is -2.08. The van der Waals surface area contributed by atoms with E-state index in [-0.39, 0.29) is 5.82 Å². The van der Waals surface area contributed by atoms with Crippen molar-refractivity contribution in [1.29, 1.82) is 0 Å². The third-order valence-electron chi connectivity index (χ3n) is 3.68. The number of hydrogen-bond acceptors (Lipinski definition) is 5. The number of benzene rings is 1. The summed E-state index contributed by atoms with van der Waals surface area (Å²) in [6, 6.07) is 11.6. The van der Waals surface area contributed by atoms with E-state index >= 15 is 0 Å². The Kier molecular flexibility index (Phi) is 3.99. The predicted octanol–water partition coefficient (Wildman–Crippen LogP) is 3.59. The number of rotatable bonds is 4. The fraction of sp³-hybridized carbons (Fsp3) is 0.0588. The van der Waals surface area contributed by atoms with Crippen LogP contribution in [0.4, 0.5) is 10.2 Å². The number of nitrogens with zero attached hydrogens (tertiary/aromatic N) is 5. The van der Waals surface area contributed by atoms with E-state index < -0.39 is 0 Å². The average Bonchev–Trinajstić information content (AvgIpc) is 3.05. The van der Waals surface area contributed by atoms with Gasteiger partial charge in [-0.05, 0) is 42.0 Å². The van der Waals surface area contributed by atoms with Crippen LogP contribution in [0.15, 0.2) is 54.9 Å². The van der Waals surface area contributed by atoms with E-state index in [0.717, 1.165) is 11.1 Å². The Morgan fingerprint density at radius 3 is 2.68 bits per heavy atom. The van der Waals surface area contributed by atoms with Gasteiger partial charge in [0, 0.05) is 29.5 Å². The summed E-state index contributed by atoms with van der Waals surface area (Å²) in [5, 5.41) is 16.4. The fourth-order valence-electron chi connectivity index (χ4n) is 2.41. The Morgan fingerprint density at radius 1 is 1.04 bits per heavy atom. The molecule has 0 fully saturated rings. The third-order valence-corrected chi connectivity index (χ3v) is 4.03. The van der Waals surface area contributed by atoms with Crippen LogP contribution in [0.5, 0.6) is 0 Å². The van der Waals surface area contributed by atoms with Crippen molar-refractivity contribution in [3.63, 3.8) is 0 Å². The summed E-state index contributed by atoms with van der Waals surface area (Å²) < 4.78 is 14.8. The molecule has 0 saturated heterocycles. The summed E-state index contributed by atoms with van der Waals surface area (Å²) in [7, 11) is 0. The van der Waals surface area contributed by atoms with E-state index in [1.165, 1.54) is 12.1 Å². The highest BCUT2D eigenvalue weighted by molar-refractivity contribution is 6.31. The van der Waals surface area contributed by atoms with Gasteiger partial charge in [0.25, 0.3) is 0 Å². The molecule has 8 heteroatoms. The molecule has 0 spiro atoms. The number of anilines is 1. The second-order valence-electron chi connectivity index (χ2n) is 5.34.